The molecule has 0 aromatic heterocycles. The summed E-state index contributed by atoms with van der Waals surface area (Å²) >= 11 is 1.45. The van der Waals surface area contributed by atoms with Gasteiger partial charge in [0.25, 0.3) is 5.69 Å². The van der Waals surface area contributed by atoms with Crippen LogP contribution < -0.4 is 5.73 Å². The van der Waals surface area contributed by atoms with Crippen molar-refractivity contribution in [2.75, 3.05) is 0 Å². The molecule has 3 fully saturated rings. The minimum Gasteiger partial charge on any atom is -0.479 e. The molecule has 1 amide bonds. The number of amides is 1. The van der Waals surface area contributed by atoms with Gasteiger partial charge in [-0.2, -0.15) is 0 Å². The second-order valence-electron chi connectivity index (χ2n) is 6.86. The van der Waals surface area contributed by atoms with E-state index in [1.54, 1.807) is 12.1 Å². The lowest BCUT2D eigenvalue weighted by atomic mass is 9.81. The van der Waals surface area contributed by atoms with Crippen LogP contribution in [-0.2, 0) is 16.0 Å². The fourth-order valence-corrected chi connectivity index (χ4v) is 5.88. The highest BCUT2D eigenvalue weighted by Gasteiger charge is 2.87. The summed E-state index contributed by atoms with van der Waals surface area (Å²) in [6.45, 7) is 1.85. The van der Waals surface area contributed by atoms with Gasteiger partial charge < -0.3 is 15.7 Å². The summed E-state index contributed by atoms with van der Waals surface area (Å²) in [5.74, 6) is -1.34. The minimum absolute atomic E-state index is 0.0276. The lowest BCUT2D eigenvalue weighted by Gasteiger charge is -2.53. The molecule has 1 unspecified atom stereocenters. The number of hydrogen-bond donors (Lipinski definition) is 2. The summed E-state index contributed by atoms with van der Waals surface area (Å²) in [7, 11) is 0. The van der Waals surface area contributed by atoms with Crippen molar-refractivity contribution in [1.82, 2.24) is 4.90 Å². The molecule has 4 rings (SSSR count). The molecule has 1 aromatic rings. The molecule has 0 radical (unpaired) electrons. The first-order chi connectivity index (χ1) is 11.2. The fourth-order valence-electron chi connectivity index (χ4n) is 3.94. The highest BCUT2D eigenvalue weighted by molar-refractivity contribution is 8.02. The van der Waals surface area contributed by atoms with Crippen molar-refractivity contribution in [2.24, 2.45) is 5.73 Å². The Morgan fingerprint density at radius 2 is 2.12 bits per heavy atom. The minimum atomic E-state index is -1.17. The van der Waals surface area contributed by atoms with E-state index in [0.717, 1.165) is 0 Å². The van der Waals surface area contributed by atoms with Gasteiger partial charge in [-0.1, -0.05) is 12.1 Å². The zero-order chi connectivity index (χ0) is 17.5. The van der Waals surface area contributed by atoms with Crippen molar-refractivity contribution >= 4 is 29.3 Å². The van der Waals surface area contributed by atoms with Gasteiger partial charge in [-0.25, -0.2) is 4.79 Å². The Kier molecular flexibility index (Phi) is 2.75. The summed E-state index contributed by atoms with van der Waals surface area (Å²) in [4.78, 5) is 35.9. The number of aliphatic carboxylic acids is 1. The third-order valence-corrected chi connectivity index (χ3v) is 7.27. The molecule has 3 N–H and O–H groups in total. The van der Waals surface area contributed by atoms with Gasteiger partial charge in [0.05, 0.1) is 9.67 Å². The fraction of sp³-hybridized carbons (Fsp3) is 0.467. The summed E-state index contributed by atoms with van der Waals surface area (Å²) in [6, 6.07) is 5.91. The molecule has 0 spiro atoms. The molecule has 1 aromatic carbocycles. The topological polar surface area (TPSA) is 127 Å². The zero-order valence-corrected chi connectivity index (χ0v) is 13.6. The number of nitro benzene ring substituents is 1. The van der Waals surface area contributed by atoms with E-state index in [1.165, 1.54) is 28.8 Å². The Labute approximate surface area is 141 Å². The number of nitro groups is 1. The summed E-state index contributed by atoms with van der Waals surface area (Å²) in [6.07, 6.45) is 0.666. The van der Waals surface area contributed by atoms with Crippen LogP contribution in [0.4, 0.5) is 5.69 Å². The van der Waals surface area contributed by atoms with Crippen LogP contribution in [0.5, 0.6) is 0 Å². The van der Waals surface area contributed by atoms with Crippen molar-refractivity contribution < 1.29 is 19.6 Å². The van der Waals surface area contributed by atoms with E-state index in [9.17, 15) is 24.8 Å². The molecule has 2 saturated heterocycles. The Morgan fingerprint density at radius 3 is 2.67 bits per heavy atom. The zero-order valence-electron chi connectivity index (χ0n) is 12.8. The Bertz CT molecular complexity index is 799. The van der Waals surface area contributed by atoms with E-state index in [1.807, 2.05) is 6.92 Å². The number of carboxylic acids is 1. The molecule has 9 heteroatoms. The van der Waals surface area contributed by atoms with Gasteiger partial charge in [0.2, 0.25) is 5.91 Å². The molecule has 1 aliphatic carbocycles. The van der Waals surface area contributed by atoms with Crippen LogP contribution in [0, 0.1) is 10.1 Å². The van der Waals surface area contributed by atoms with Crippen molar-refractivity contribution in [2.45, 2.75) is 41.0 Å². The van der Waals surface area contributed by atoms with E-state index in [4.69, 9.17) is 5.73 Å². The van der Waals surface area contributed by atoms with Crippen molar-refractivity contribution in [3.05, 3.63) is 39.9 Å². The number of non-ortho nitro benzene ring substituents is 1. The second-order valence-corrected chi connectivity index (χ2v) is 8.44. The van der Waals surface area contributed by atoms with Crippen molar-refractivity contribution in [3.63, 3.8) is 0 Å². The van der Waals surface area contributed by atoms with E-state index in [0.29, 0.717) is 12.0 Å². The summed E-state index contributed by atoms with van der Waals surface area (Å²) in [5, 5.41) is 19.9. The first-order valence-electron chi connectivity index (χ1n) is 7.43. The second kappa shape index (κ2) is 4.28. The number of nitrogens with two attached hydrogens (primary N) is 1. The van der Waals surface area contributed by atoms with E-state index in [2.05, 4.69) is 0 Å². The third-order valence-electron chi connectivity index (χ3n) is 5.42. The largest absolute Gasteiger partial charge is 0.479 e. The average Bonchev–Trinajstić information content (AvgIpc) is 3.06. The molecule has 126 valence electrons. The lowest BCUT2D eigenvalue weighted by molar-refractivity contribution is -0.384. The molecule has 2 aliphatic heterocycles. The van der Waals surface area contributed by atoms with E-state index < -0.39 is 26.7 Å². The highest BCUT2D eigenvalue weighted by atomic mass is 32.2. The maximum atomic E-state index is 12.6. The summed E-state index contributed by atoms with van der Waals surface area (Å²) in [5.41, 5.74) is 4.72. The van der Waals surface area contributed by atoms with Crippen LogP contribution in [0.2, 0.25) is 0 Å². The quantitative estimate of drug-likeness (QED) is 0.466. The lowest BCUT2D eigenvalue weighted by Crippen LogP contribution is -2.79. The van der Waals surface area contributed by atoms with Gasteiger partial charge in [0, 0.05) is 25.0 Å². The van der Waals surface area contributed by atoms with Gasteiger partial charge in [-0.15, -0.1) is 11.8 Å². The monoisotopic (exact) mass is 349 g/mol. The highest BCUT2D eigenvalue weighted by Crippen LogP contribution is 2.73. The number of thioether (sulfide) groups is 1. The number of hydrogen-bond acceptors (Lipinski definition) is 6. The van der Waals surface area contributed by atoms with Gasteiger partial charge in [0.15, 0.2) is 5.54 Å². The number of nitrogens with zero attached hydrogens (tertiary/aromatic N) is 2. The molecule has 2 heterocycles. The first kappa shape index (κ1) is 15.4. The van der Waals surface area contributed by atoms with Crippen LogP contribution in [0.3, 0.4) is 0 Å². The standard InChI is InChI=1S/C15H15N3O5S/c1-13-7-15(13,12(20)21)17-10(19)14(16,11(17)24-13)6-8-2-4-9(5-3-8)18(22)23/h2-5,11H,6-7,16H2,1H3,(H,20,21)/t11-,13?,14-,15-/m1/s1. The van der Waals surface area contributed by atoms with Gasteiger partial charge in [0.1, 0.15) is 10.9 Å². The average molecular weight is 349 g/mol. The Morgan fingerprint density at radius 1 is 1.50 bits per heavy atom. The molecule has 3 aliphatic rings. The van der Waals surface area contributed by atoms with Crippen LogP contribution in [0.25, 0.3) is 0 Å². The molecule has 1 saturated carbocycles. The van der Waals surface area contributed by atoms with Crippen molar-refractivity contribution in [3.8, 4) is 0 Å². The molecular weight excluding hydrogens is 334 g/mol. The maximum absolute atomic E-state index is 12.6. The normalized spacial score (nSPS) is 39.0. The molecular formula is C15H15N3O5S. The van der Waals surface area contributed by atoms with Crippen LogP contribution >= 0.6 is 11.8 Å². The van der Waals surface area contributed by atoms with Gasteiger partial charge >= 0.3 is 5.97 Å². The molecule has 24 heavy (non-hydrogen) atoms. The molecule has 4 atom stereocenters. The molecule has 0 bridgehead atoms. The predicted octanol–water partition coefficient (Wildman–Crippen LogP) is 0.736. The number of β-lactam (4-membered cyclic amide) rings is 1. The number of benzene rings is 1. The molecule has 8 nitrogen and oxygen atoms in total. The SMILES string of the molecule is CC12C[C@]1(C(=O)O)N1C(=O)[C@](N)(Cc3ccc([N+](=O)[O-])cc3)[C@H]1S2. The maximum Gasteiger partial charge on any atom is 0.331 e. The summed E-state index contributed by atoms with van der Waals surface area (Å²) < 4.78 is -0.490. The van der Waals surface area contributed by atoms with Crippen LogP contribution in [0.1, 0.15) is 18.9 Å². The first-order valence-corrected chi connectivity index (χ1v) is 8.31. The predicted molar refractivity (Wildman–Crippen MR) is 85.3 cm³/mol. The third kappa shape index (κ3) is 1.58. The number of rotatable bonds is 4. The Hall–Kier alpha value is -2.13. The van der Waals surface area contributed by atoms with Crippen molar-refractivity contribution in [1.29, 1.82) is 0 Å². The van der Waals surface area contributed by atoms with Crippen LogP contribution in [0.15, 0.2) is 24.3 Å². The smallest absolute Gasteiger partial charge is 0.331 e. The van der Waals surface area contributed by atoms with Gasteiger partial charge in [-0.3, -0.25) is 14.9 Å². The van der Waals surface area contributed by atoms with E-state index >= 15 is 0 Å². The van der Waals surface area contributed by atoms with Gasteiger partial charge in [-0.05, 0) is 12.5 Å². The van der Waals surface area contributed by atoms with Crippen LogP contribution in [-0.4, -0.2) is 48.0 Å². The number of fused-ring (bicyclic) bond motifs is 3. The van der Waals surface area contributed by atoms with E-state index in [-0.39, 0.29) is 23.4 Å². The number of carbonyl (C=O) groups excluding carboxylic acids is 1. The number of carboxylic acid groups (broad SMARTS) is 1. The Balaban J connectivity index is 1.59. The number of carbonyl (C=O) groups is 2.